The van der Waals surface area contributed by atoms with Crippen molar-refractivity contribution in [2.75, 3.05) is 19.6 Å². The third-order valence-electron chi connectivity index (χ3n) is 5.64. The minimum Gasteiger partial charge on any atom is -0.340 e. The first-order chi connectivity index (χ1) is 12.6. The number of aromatic nitrogens is 2. The van der Waals surface area contributed by atoms with Crippen molar-refractivity contribution in [1.29, 1.82) is 0 Å². The number of piperidine rings is 2. The molecule has 2 aliphatic rings. The van der Waals surface area contributed by atoms with Crippen LogP contribution >= 0.6 is 0 Å². The van der Waals surface area contributed by atoms with Crippen LogP contribution in [0.4, 0.5) is 0 Å². The average molecular weight is 354 g/mol. The Morgan fingerprint density at radius 3 is 2.77 bits per heavy atom. The van der Waals surface area contributed by atoms with Crippen LogP contribution in [0.5, 0.6) is 0 Å². The highest BCUT2D eigenvalue weighted by atomic mass is 16.5. The fraction of sp³-hybridized carbons (Fsp3) is 0.550. The number of benzene rings is 1. The summed E-state index contributed by atoms with van der Waals surface area (Å²) in [7, 11) is 0. The first kappa shape index (κ1) is 17.2. The van der Waals surface area contributed by atoms with Crippen LogP contribution in [-0.4, -0.2) is 45.5 Å². The van der Waals surface area contributed by atoms with Crippen molar-refractivity contribution in [2.45, 2.75) is 45.7 Å². The molecule has 1 spiro atoms. The third-order valence-corrected chi connectivity index (χ3v) is 5.64. The van der Waals surface area contributed by atoms with Crippen molar-refractivity contribution >= 4 is 5.91 Å². The van der Waals surface area contributed by atoms with Crippen LogP contribution in [0.2, 0.25) is 0 Å². The van der Waals surface area contributed by atoms with Gasteiger partial charge in [0.25, 0.3) is 0 Å². The van der Waals surface area contributed by atoms with Crippen molar-refractivity contribution in [2.24, 2.45) is 5.41 Å². The van der Waals surface area contributed by atoms with Gasteiger partial charge in [0.05, 0.1) is 6.54 Å². The Balaban J connectivity index is 1.43. The van der Waals surface area contributed by atoms with Gasteiger partial charge in [-0.1, -0.05) is 35.5 Å². The summed E-state index contributed by atoms with van der Waals surface area (Å²) in [5, 5.41) is 4.03. The predicted octanol–water partition coefficient (Wildman–Crippen LogP) is 2.78. The monoisotopic (exact) mass is 354 g/mol. The molecule has 0 unspecified atom stereocenters. The average Bonchev–Trinajstić information content (AvgIpc) is 3.04. The zero-order chi connectivity index (χ0) is 18.0. The molecule has 1 aromatic heterocycles. The molecule has 6 heteroatoms. The van der Waals surface area contributed by atoms with Crippen molar-refractivity contribution in [3.8, 4) is 0 Å². The maximum absolute atomic E-state index is 12.5. The Labute approximate surface area is 154 Å². The Kier molecular flexibility index (Phi) is 4.76. The molecular weight excluding hydrogens is 328 g/mol. The highest BCUT2D eigenvalue weighted by Gasteiger charge is 2.41. The molecule has 26 heavy (non-hydrogen) atoms. The van der Waals surface area contributed by atoms with E-state index in [1.807, 2.05) is 25.1 Å². The SMILES string of the molecule is Cc1nc(CN2CCC[C@]3(CCC(=O)N(Cc4ccccc4)C3)C2)no1. The zero-order valence-corrected chi connectivity index (χ0v) is 15.4. The van der Waals surface area contributed by atoms with Gasteiger partial charge >= 0.3 is 0 Å². The van der Waals surface area contributed by atoms with E-state index in [4.69, 9.17) is 4.52 Å². The van der Waals surface area contributed by atoms with Crippen LogP contribution in [-0.2, 0) is 17.9 Å². The van der Waals surface area contributed by atoms with Crippen molar-refractivity contribution in [1.82, 2.24) is 19.9 Å². The molecule has 3 heterocycles. The Morgan fingerprint density at radius 1 is 1.15 bits per heavy atom. The molecule has 6 nitrogen and oxygen atoms in total. The third kappa shape index (κ3) is 3.80. The molecule has 2 fully saturated rings. The number of carbonyl (C=O) groups is 1. The summed E-state index contributed by atoms with van der Waals surface area (Å²) < 4.78 is 5.10. The lowest BCUT2D eigenvalue weighted by Gasteiger charge is -2.48. The number of likely N-dealkylation sites (tertiary alicyclic amines) is 2. The van der Waals surface area contributed by atoms with Crippen molar-refractivity contribution in [3.63, 3.8) is 0 Å². The number of nitrogens with zero attached hydrogens (tertiary/aromatic N) is 4. The highest BCUT2D eigenvalue weighted by Crippen LogP contribution is 2.39. The van der Waals surface area contributed by atoms with Gasteiger partial charge in [-0.3, -0.25) is 9.69 Å². The summed E-state index contributed by atoms with van der Waals surface area (Å²) in [5.74, 6) is 1.65. The van der Waals surface area contributed by atoms with Gasteiger partial charge in [-0.2, -0.15) is 4.98 Å². The summed E-state index contributed by atoms with van der Waals surface area (Å²) >= 11 is 0. The van der Waals surface area contributed by atoms with E-state index < -0.39 is 0 Å². The Hall–Kier alpha value is -2.21. The second-order valence-electron chi connectivity index (χ2n) is 7.78. The fourth-order valence-corrected chi connectivity index (χ4v) is 4.43. The molecule has 2 aromatic rings. The van der Waals surface area contributed by atoms with Gasteiger partial charge in [-0.25, -0.2) is 0 Å². The lowest BCUT2D eigenvalue weighted by Crippen LogP contribution is -2.53. The van der Waals surface area contributed by atoms with E-state index in [0.717, 1.165) is 44.8 Å². The Bertz CT molecular complexity index is 760. The summed E-state index contributed by atoms with van der Waals surface area (Å²) in [4.78, 5) is 21.3. The zero-order valence-electron chi connectivity index (χ0n) is 15.4. The van der Waals surface area contributed by atoms with Crippen LogP contribution in [0.1, 0.15) is 43.0 Å². The van der Waals surface area contributed by atoms with Crippen molar-refractivity contribution < 1.29 is 9.32 Å². The lowest BCUT2D eigenvalue weighted by atomic mass is 9.73. The van der Waals surface area contributed by atoms with E-state index in [-0.39, 0.29) is 11.3 Å². The normalized spacial score (nSPS) is 24.3. The predicted molar refractivity (Wildman–Crippen MR) is 97.1 cm³/mol. The second-order valence-corrected chi connectivity index (χ2v) is 7.78. The van der Waals surface area contributed by atoms with Crippen LogP contribution in [0, 0.1) is 12.3 Å². The van der Waals surface area contributed by atoms with E-state index in [2.05, 4.69) is 32.1 Å². The molecule has 0 N–H and O–H groups in total. The number of amides is 1. The molecule has 0 aliphatic carbocycles. The van der Waals surface area contributed by atoms with Gasteiger partial charge in [-0.15, -0.1) is 0 Å². The van der Waals surface area contributed by atoms with Gasteiger partial charge in [0.15, 0.2) is 5.82 Å². The lowest BCUT2D eigenvalue weighted by molar-refractivity contribution is -0.140. The molecule has 2 aliphatic heterocycles. The highest BCUT2D eigenvalue weighted by molar-refractivity contribution is 5.77. The molecule has 2 saturated heterocycles. The second kappa shape index (κ2) is 7.19. The minimum atomic E-state index is 0.194. The van der Waals surface area contributed by atoms with Gasteiger partial charge in [0.1, 0.15) is 0 Å². The summed E-state index contributed by atoms with van der Waals surface area (Å²) in [6.45, 7) is 6.17. The molecule has 1 amide bonds. The van der Waals surface area contributed by atoms with E-state index in [0.29, 0.717) is 18.9 Å². The van der Waals surface area contributed by atoms with E-state index >= 15 is 0 Å². The molecule has 1 atom stereocenters. The smallest absolute Gasteiger partial charge is 0.223 e. The van der Waals surface area contributed by atoms with Gasteiger partial charge < -0.3 is 9.42 Å². The fourth-order valence-electron chi connectivity index (χ4n) is 4.43. The van der Waals surface area contributed by atoms with Crippen LogP contribution in [0.25, 0.3) is 0 Å². The first-order valence-electron chi connectivity index (χ1n) is 9.45. The molecule has 0 radical (unpaired) electrons. The molecule has 0 saturated carbocycles. The van der Waals surface area contributed by atoms with Gasteiger partial charge in [-0.05, 0) is 31.4 Å². The standard InChI is InChI=1S/C20H26N4O2/c1-16-21-18(22-26-16)13-23-11-5-9-20(14-23)10-8-19(25)24(15-20)12-17-6-3-2-4-7-17/h2-4,6-7H,5,8-15H2,1H3/t20-/m0/s1. The van der Waals surface area contributed by atoms with E-state index in [9.17, 15) is 4.79 Å². The summed E-state index contributed by atoms with van der Waals surface area (Å²) in [6.07, 6.45) is 3.98. The molecule has 0 bridgehead atoms. The largest absolute Gasteiger partial charge is 0.340 e. The number of carbonyl (C=O) groups excluding carboxylic acids is 1. The van der Waals surface area contributed by atoms with Crippen molar-refractivity contribution in [3.05, 3.63) is 47.6 Å². The molecule has 1 aromatic carbocycles. The molecule has 4 rings (SSSR count). The van der Waals surface area contributed by atoms with Gasteiger partial charge in [0, 0.05) is 38.4 Å². The first-order valence-corrected chi connectivity index (χ1v) is 9.45. The number of hydrogen-bond donors (Lipinski definition) is 0. The molecular formula is C20H26N4O2. The molecule has 138 valence electrons. The number of rotatable bonds is 4. The van der Waals surface area contributed by atoms with E-state index in [1.54, 1.807) is 0 Å². The summed E-state index contributed by atoms with van der Waals surface area (Å²) in [6, 6.07) is 10.3. The maximum atomic E-state index is 12.5. The quantitative estimate of drug-likeness (QED) is 0.845. The minimum absolute atomic E-state index is 0.194. The number of hydrogen-bond acceptors (Lipinski definition) is 5. The summed E-state index contributed by atoms with van der Waals surface area (Å²) in [5.41, 5.74) is 1.40. The van der Waals surface area contributed by atoms with Crippen LogP contribution < -0.4 is 0 Å². The van der Waals surface area contributed by atoms with Gasteiger partial charge in [0.2, 0.25) is 11.8 Å². The topological polar surface area (TPSA) is 62.5 Å². The Morgan fingerprint density at radius 2 is 2.00 bits per heavy atom. The maximum Gasteiger partial charge on any atom is 0.223 e. The number of aryl methyl sites for hydroxylation is 1. The van der Waals surface area contributed by atoms with E-state index in [1.165, 1.54) is 12.0 Å². The van der Waals surface area contributed by atoms with Crippen LogP contribution in [0.15, 0.2) is 34.9 Å². The van der Waals surface area contributed by atoms with Crippen LogP contribution in [0.3, 0.4) is 0 Å².